The molecule has 3 rings (SSSR count). The van der Waals surface area contributed by atoms with Crippen LogP contribution < -0.4 is 10.6 Å². The van der Waals surface area contributed by atoms with Crippen molar-refractivity contribution in [3.8, 4) is 0 Å². The Kier molecular flexibility index (Phi) is 7.23. The van der Waals surface area contributed by atoms with E-state index in [0.717, 1.165) is 5.56 Å². The minimum absolute atomic E-state index is 0.00581. The van der Waals surface area contributed by atoms with Gasteiger partial charge in [-0.3, -0.25) is 9.59 Å². The fourth-order valence-corrected chi connectivity index (χ4v) is 5.02. The van der Waals surface area contributed by atoms with Crippen LogP contribution >= 0.6 is 0 Å². The molecule has 7 nitrogen and oxygen atoms in total. The zero-order chi connectivity index (χ0) is 21.6. The van der Waals surface area contributed by atoms with Crippen molar-refractivity contribution in [2.75, 3.05) is 18.4 Å². The highest BCUT2D eigenvalue weighted by Crippen LogP contribution is 2.26. The van der Waals surface area contributed by atoms with E-state index in [1.165, 1.54) is 23.4 Å². The molecule has 2 aromatic carbocycles. The summed E-state index contributed by atoms with van der Waals surface area (Å²) in [5, 5.41) is 5.55. The van der Waals surface area contributed by atoms with Gasteiger partial charge in [-0.25, -0.2) is 8.42 Å². The van der Waals surface area contributed by atoms with Gasteiger partial charge in [0.15, 0.2) is 0 Å². The largest absolute Gasteiger partial charge is 0.352 e. The summed E-state index contributed by atoms with van der Waals surface area (Å²) >= 11 is 0. The van der Waals surface area contributed by atoms with Crippen LogP contribution in [0.5, 0.6) is 0 Å². The lowest BCUT2D eigenvalue weighted by Gasteiger charge is -2.31. The number of amides is 2. The van der Waals surface area contributed by atoms with Crippen LogP contribution in [0.15, 0.2) is 59.5 Å². The van der Waals surface area contributed by atoms with Gasteiger partial charge in [-0.1, -0.05) is 30.3 Å². The van der Waals surface area contributed by atoms with Crippen LogP contribution in [-0.4, -0.2) is 37.6 Å². The molecule has 1 heterocycles. The van der Waals surface area contributed by atoms with Gasteiger partial charge in [0, 0.05) is 38.7 Å². The van der Waals surface area contributed by atoms with Gasteiger partial charge in [0.05, 0.1) is 4.90 Å². The fraction of sp³-hybridized carbons (Fsp3) is 0.364. The van der Waals surface area contributed by atoms with Crippen LogP contribution in [0.1, 0.15) is 31.7 Å². The van der Waals surface area contributed by atoms with Gasteiger partial charge in [0.2, 0.25) is 21.8 Å². The number of benzene rings is 2. The molecule has 0 spiro atoms. The maximum atomic E-state index is 12.9. The second-order valence-electron chi connectivity index (χ2n) is 7.52. The molecular weight excluding hydrogens is 402 g/mol. The lowest BCUT2D eigenvalue weighted by Crippen LogP contribution is -2.39. The number of hydrogen-bond donors (Lipinski definition) is 2. The predicted octanol–water partition coefficient (Wildman–Crippen LogP) is 2.75. The number of nitrogens with one attached hydrogen (secondary N) is 2. The molecule has 1 aliphatic heterocycles. The monoisotopic (exact) mass is 429 g/mol. The molecule has 1 aliphatic rings. The Hall–Kier alpha value is -2.71. The first kappa shape index (κ1) is 22.0. The molecule has 1 fully saturated rings. The van der Waals surface area contributed by atoms with Crippen molar-refractivity contribution in [3.05, 3.63) is 60.2 Å². The van der Waals surface area contributed by atoms with Crippen LogP contribution in [0.4, 0.5) is 5.69 Å². The third-order valence-corrected chi connectivity index (χ3v) is 7.11. The molecule has 0 radical (unpaired) electrons. The average Bonchev–Trinajstić information content (AvgIpc) is 2.73. The highest BCUT2D eigenvalue weighted by Gasteiger charge is 2.30. The highest BCUT2D eigenvalue weighted by atomic mass is 32.2. The van der Waals surface area contributed by atoms with E-state index < -0.39 is 10.0 Å². The van der Waals surface area contributed by atoms with E-state index in [1.54, 1.807) is 12.1 Å². The number of sulfonamides is 1. The molecule has 8 heteroatoms. The molecule has 0 unspecified atom stereocenters. The number of hydrogen-bond acceptors (Lipinski definition) is 4. The SMILES string of the molecule is CC(=O)Nc1ccc(S(=O)(=O)N2CCC(CC(=O)NCc3ccccc3)CC2)cc1. The number of carbonyl (C=O) groups excluding carboxylic acids is 2. The summed E-state index contributed by atoms with van der Waals surface area (Å²) in [5.41, 5.74) is 1.61. The smallest absolute Gasteiger partial charge is 0.243 e. The van der Waals surface area contributed by atoms with Gasteiger partial charge in [-0.15, -0.1) is 0 Å². The Morgan fingerprint density at radius 1 is 1.00 bits per heavy atom. The van der Waals surface area contributed by atoms with Gasteiger partial charge in [0.1, 0.15) is 0 Å². The number of anilines is 1. The van der Waals surface area contributed by atoms with Crippen LogP contribution in [0.25, 0.3) is 0 Å². The fourth-order valence-electron chi connectivity index (χ4n) is 3.55. The third kappa shape index (κ3) is 5.90. The lowest BCUT2D eigenvalue weighted by atomic mass is 9.94. The highest BCUT2D eigenvalue weighted by molar-refractivity contribution is 7.89. The summed E-state index contributed by atoms with van der Waals surface area (Å²) < 4.78 is 27.2. The molecule has 2 aromatic rings. The summed E-state index contributed by atoms with van der Waals surface area (Å²) in [6.45, 7) is 2.69. The zero-order valence-corrected chi connectivity index (χ0v) is 17.8. The summed E-state index contributed by atoms with van der Waals surface area (Å²) in [4.78, 5) is 23.5. The molecule has 2 N–H and O–H groups in total. The minimum Gasteiger partial charge on any atom is -0.352 e. The predicted molar refractivity (Wildman–Crippen MR) is 115 cm³/mol. The van der Waals surface area contributed by atoms with Crippen molar-refractivity contribution in [1.29, 1.82) is 0 Å². The van der Waals surface area contributed by atoms with Gasteiger partial charge in [0.25, 0.3) is 0 Å². The minimum atomic E-state index is -3.59. The van der Waals surface area contributed by atoms with Gasteiger partial charge < -0.3 is 10.6 Å². The molecule has 0 bridgehead atoms. The summed E-state index contributed by atoms with van der Waals surface area (Å²) in [7, 11) is -3.59. The first-order valence-corrected chi connectivity index (χ1v) is 11.5. The molecule has 1 saturated heterocycles. The van der Waals surface area contributed by atoms with Crippen LogP contribution in [0, 0.1) is 5.92 Å². The molecule has 0 saturated carbocycles. The molecule has 0 atom stereocenters. The van der Waals surface area contributed by atoms with E-state index >= 15 is 0 Å². The van der Waals surface area contributed by atoms with E-state index in [0.29, 0.717) is 44.6 Å². The molecule has 2 amide bonds. The Bertz CT molecular complexity index is 967. The Balaban J connectivity index is 1.49. The van der Waals surface area contributed by atoms with Crippen molar-refractivity contribution >= 4 is 27.5 Å². The van der Waals surface area contributed by atoms with E-state index in [2.05, 4.69) is 10.6 Å². The molecule has 160 valence electrons. The average molecular weight is 430 g/mol. The van der Waals surface area contributed by atoms with Gasteiger partial charge in [-0.2, -0.15) is 4.31 Å². The number of rotatable bonds is 7. The first-order chi connectivity index (χ1) is 14.3. The second kappa shape index (κ2) is 9.86. The first-order valence-electron chi connectivity index (χ1n) is 10.0. The lowest BCUT2D eigenvalue weighted by molar-refractivity contribution is -0.122. The van der Waals surface area contributed by atoms with Crippen LogP contribution in [-0.2, 0) is 26.2 Å². The number of piperidine rings is 1. The number of carbonyl (C=O) groups is 2. The Labute approximate surface area is 177 Å². The van der Waals surface area contributed by atoms with Crippen molar-refractivity contribution in [2.45, 2.75) is 37.6 Å². The van der Waals surface area contributed by atoms with E-state index in [1.807, 2.05) is 30.3 Å². The molecule has 0 aliphatic carbocycles. The van der Waals surface area contributed by atoms with Gasteiger partial charge in [-0.05, 0) is 48.6 Å². The maximum absolute atomic E-state index is 12.9. The quantitative estimate of drug-likeness (QED) is 0.707. The van der Waals surface area contributed by atoms with Crippen LogP contribution in [0.2, 0.25) is 0 Å². The van der Waals surface area contributed by atoms with Gasteiger partial charge >= 0.3 is 0 Å². The Morgan fingerprint density at radius 2 is 1.63 bits per heavy atom. The summed E-state index contributed by atoms with van der Waals surface area (Å²) in [6, 6.07) is 15.9. The topological polar surface area (TPSA) is 95.6 Å². The molecule has 30 heavy (non-hydrogen) atoms. The second-order valence-corrected chi connectivity index (χ2v) is 9.46. The van der Waals surface area contributed by atoms with Crippen molar-refractivity contribution < 1.29 is 18.0 Å². The third-order valence-electron chi connectivity index (χ3n) is 5.19. The Morgan fingerprint density at radius 3 is 2.23 bits per heavy atom. The summed E-state index contributed by atoms with van der Waals surface area (Å²) in [5.74, 6) is -0.0384. The molecule has 0 aromatic heterocycles. The van der Waals surface area contributed by atoms with Crippen molar-refractivity contribution in [3.63, 3.8) is 0 Å². The molecular formula is C22H27N3O4S. The standard InChI is InChI=1S/C22H27N3O4S/c1-17(26)24-20-7-9-21(10-8-20)30(28,29)25-13-11-18(12-14-25)15-22(27)23-16-19-5-3-2-4-6-19/h2-10,18H,11-16H2,1H3,(H,23,27)(H,24,26). The van der Waals surface area contributed by atoms with Crippen molar-refractivity contribution in [1.82, 2.24) is 9.62 Å². The number of nitrogens with zero attached hydrogens (tertiary/aromatic N) is 1. The van der Waals surface area contributed by atoms with E-state index in [4.69, 9.17) is 0 Å². The van der Waals surface area contributed by atoms with Crippen molar-refractivity contribution in [2.24, 2.45) is 5.92 Å². The zero-order valence-electron chi connectivity index (χ0n) is 17.0. The normalized spacial score (nSPS) is 15.5. The summed E-state index contributed by atoms with van der Waals surface area (Å²) in [6.07, 6.45) is 1.72. The maximum Gasteiger partial charge on any atom is 0.243 e. The van der Waals surface area contributed by atoms with E-state index in [-0.39, 0.29) is 22.6 Å². The van der Waals surface area contributed by atoms with E-state index in [9.17, 15) is 18.0 Å². The van der Waals surface area contributed by atoms with Crippen LogP contribution in [0.3, 0.4) is 0 Å².